The van der Waals surface area contributed by atoms with Crippen LogP contribution in [0.5, 0.6) is 0 Å². The molecule has 4 nitrogen and oxygen atoms in total. The average Bonchev–Trinajstić information content (AvgIpc) is 2.39. The molecule has 4 heteroatoms. The predicted molar refractivity (Wildman–Crippen MR) is 73.3 cm³/mol. The first-order chi connectivity index (χ1) is 8.60. The number of unbranched alkanes of at least 4 members (excludes halogenated alkanes) is 3. The molecule has 1 rings (SSSR count). The van der Waals surface area contributed by atoms with Crippen LogP contribution >= 0.6 is 0 Å². The van der Waals surface area contributed by atoms with Gasteiger partial charge in [0, 0.05) is 32.8 Å². The van der Waals surface area contributed by atoms with Gasteiger partial charge < -0.3 is 10.0 Å². The Hall–Kier alpha value is -0.630. The molecule has 0 amide bonds. The maximum absolute atomic E-state index is 9.11. The van der Waals surface area contributed by atoms with Crippen LogP contribution in [-0.2, 0) is 0 Å². The van der Waals surface area contributed by atoms with Crippen LogP contribution in [0.2, 0.25) is 0 Å². The standard InChI is InChI=1S/C14H27N3O/c1-14(2,13-15)17-10-8-16(9-11-17)7-5-3-4-6-12-18/h18H,3-12H2,1-2H3. The molecular weight excluding hydrogens is 226 g/mol. The summed E-state index contributed by atoms with van der Waals surface area (Å²) >= 11 is 0. The molecule has 18 heavy (non-hydrogen) atoms. The number of aliphatic hydroxyl groups is 1. The first-order valence-electron chi connectivity index (χ1n) is 7.09. The van der Waals surface area contributed by atoms with Crippen molar-refractivity contribution in [1.29, 1.82) is 5.26 Å². The zero-order valence-electron chi connectivity index (χ0n) is 11.9. The summed E-state index contributed by atoms with van der Waals surface area (Å²) in [7, 11) is 0. The maximum atomic E-state index is 9.11. The van der Waals surface area contributed by atoms with Gasteiger partial charge >= 0.3 is 0 Å². The van der Waals surface area contributed by atoms with Crippen LogP contribution in [0.1, 0.15) is 39.5 Å². The normalized spacial score (nSPS) is 18.8. The molecule has 0 radical (unpaired) electrons. The van der Waals surface area contributed by atoms with Gasteiger partial charge in [-0.15, -0.1) is 0 Å². The molecule has 0 aromatic heterocycles. The van der Waals surface area contributed by atoms with E-state index in [0.717, 1.165) is 45.6 Å². The first kappa shape index (κ1) is 15.4. The summed E-state index contributed by atoms with van der Waals surface area (Å²) in [6.45, 7) is 9.62. The molecule has 104 valence electrons. The van der Waals surface area contributed by atoms with Crippen molar-refractivity contribution in [3.05, 3.63) is 0 Å². The highest BCUT2D eigenvalue weighted by molar-refractivity contribution is 5.02. The van der Waals surface area contributed by atoms with Gasteiger partial charge in [0.15, 0.2) is 0 Å². The van der Waals surface area contributed by atoms with Crippen LogP contribution in [-0.4, -0.2) is 59.8 Å². The number of hydrogen-bond acceptors (Lipinski definition) is 4. The van der Waals surface area contributed by atoms with Gasteiger partial charge in [-0.3, -0.25) is 4.90 Å². The molecule has 0 aromatic carbocycles. The van der Waals surface area contributed by atoms with Crippen molar-refractivity contribution in [2.45, 2.75) is 45.1 Å². The van der Waals surface area contributed by atoms with E-state index in [-0.39, 0.29) is 5.54 Å². The number of rotatable bonds is 7. The van der Waals surface area contributed by atoms with Crippen molar-refractivity contribution in [3.63, 3.8) is 0 Å². The maximum Gasteiger partial charge on any atom is 0.103 e. The molecule has 1 aliphatic rings. The fourth-order valence-corrected chi connectivity index (χ4v) is 2.40. The van der Waals surface area contributed by atoms with Gasteiger partial charge in [0.1, 0.15) is 5.54 Å². The second-order valence-corrected chi connectivity index (χ2v) is 5.64. The number of nitriles is 1. The lowest BCUT2D eigenvalue weighted by Gasteiger charge is -2.40. The molecule has 1 N–H and O–H groups in total. The number of piperazine rings is 1. The van der Waals surface area contributed by atoms with Crippen molar-refractivity contribution >= 4 is 0 Å². The molecule has 0 saturated carbocycles. The fraction of sp³-hybridized carbons (Fsp3) is 0.929. The molecule has 0 spiro atoms. The monoisotopic (exact) mass is 253 g/mol. The first-order valence-corrected chi connectivity index (χ1v) is 7.09. The van der Waals surface area contributed by atoms with E-state index in [1.807, 2.05) is 13.8 Å². The van der Waals surface area contributed by atoms with Crippen LogP contribution in [0.15, 0.2) is 0 Å². The minimum absolute atomic E-state index is 0.321. The van der Waals surface area contributed by atoms with E-state index in [1.165, 1.54) is 12.8 Å². The number of aliphatic hydroxyl groups excluding tert-OH is 1. The quantitative estimate of drug-likeness (QED) is 0.698. The van der Waals surface area contributed by atoms with E-state index in [4.69, 9.17) is 10.4 Å². The Balaban J connectivity index is 2.14. The lowest BCUT2D eigenvalue weighted by molar-refractivity contribution is 0.0791. The lowest BCUT2D eigenvalue weighted by Crippen LogP contribution is -2.54. The van der Waals surface area contributed by atoms with E-state index in [1.54, 1.807) is 0 Å². The zero-order valence-corrected chi connectivity index (χ0v) is 11.9. The zero-order chi connectivity index (χ0) is 13.4. The van der Waals surface area contributed by atoms with E-state index in [9.17, 15) is 0 Å². The van der Waals surface area contributed by atoms with Gasteiger partial charge in [0.25, 0.3) is 0 Å². The SMILES string of the molecule is CC(C)(C#N)N1CCN(CCCCCCO)CC1. The molecular formula is C14H27N3O. The summed E-state index contributed by atoms with van der Waals surface area (Å²) in [5, 5.41) is 17.8. The minimum atomic E-state index is -0.326. The van der Waals surface area contributed by atoms with Crippen LogP contribution in [0, 0.1) is 11.3 Å². The summed E-state index contributed by atoms with van der Waals surface area (Å²) in [6, 6.07) is 2.38. The number of hydrogen-bond donors (Lipinski definition) is 1. The molecule has 1 fully saturated rings. The van der Waals surface area contributed by atoms with E-state index >= 15 is 0 Å². The van der Waals surface area contributed by atoms with Crippen molar-refractivity contribution in [2.24, 2.45) is 0 Å². The molecule has 1 saturated heterocycles. The van der Waals surface area contributed by atoms with Crippen molar-refractivity contribution in [1.82, 2.24) is 9.80 Å². The van der Waals surface area contributed by atoms with Crippen LogP contribution in [0.25, 0.3) is 0 Å². The van der Waals surface area contributed by atoms with E-state index < -0.39 is 0 Å². The summed E-state index contributed by atoms with van der Waals surface area (Å²) in [6.07, 6.45) is 4.51. The third-order valence-electron chi connectivity index (χ3n) is 3.82. The Morgan fingerprint density at radius 1 is 1.06 bits per heavy atom. The lowest BCUT2D eigenvalue weighted by atomic mass is 10.0. The van der Waals surface area contributed by atoms with Gasteiger partial charge in [0.2, 0.25) is 0 Å². The molecule has 0 bridgehead atoms. The highest BCUT2D eigenvalue weighted by atomic mass is 16.2. The summed E-state index contributed by atoms with van der Waals surface area (Å²) in [5.41, 5.74) is -0.326. The summed E-state index contributed by atoms with van der Waals surface area (Å²) in [5.74, 6) is 0. The molecule has 0 atom stereocenters. The van der Waals surface area contributed by atoms with Crippen molar-refractivity contribution < 1.29 is 5.11 Å². The van der Waals surface area contributed by atoms with Crippen molar-refractivity contribution in [2.75, 3.05) is 39.3 Å². The Labute approximate surface area is 111 Å². The van der Waals surface area contributed by atoms with E-state index in [0.29, 0.717) is 6.61 Å². The molecule has 1 heterocycles. The van der Waals surface area contributed by atoms with Crippen LogP contribution < -0.4 is 0 Å². The summed E-state index contributed by atoms with van der Waals surface area (Å²) in [4.78, 5) is 4.76. The molecule has 1 aliphatic heterocycles. The molecule has 0 unspecified atom stereocenters. The van der Waals surface area contributed by atoms with Gasteiger partial charge in [-0.05, 0) is 33.2 Å². The fourth-order valence-electron chi connectivity index (χ4n) is 2.40. The summed E-state index contributed by atoms with van der Waals surface area (Å²) < 4.78 is 0. The average molecular weight is 253 g/mol. The Morgan fingerprint density at radius 3 is 2.22 bits per heavy atom. The third-order valence-corrected chi connectivity index (χ3v) is 3.82. The second-order valence-electron chi connectivity index (χ2n) is 5.64. The van der Waals surface area contributed by atoms with E-state index in [2.05, 4.69) is 15.9 Å². The topological polar surface area (TPSA) is 50.5 Å². The Morgan fingerprint density at radius 2 is 1.67 bits per heavy atom. The highest BCUT2D eigenvalue weighted by Gasteiger charge is 2.29. The number of nitrogens with zero attached hydrogens (tertiary/aromatic N) is 3. The molecule has 0 aromatic rings. The third kappa shape index (κ3) is 4.93. The van der Waals surface area contributed by atoms with Crippen LogP contribution in [0.4, 0.5) is 0 Å². The minimum Gasteiger partial charge on any atom is -0.396 e. The Bertz CT molecular complexity index is 265. The van der Waals surface area contributed by atoms with Gasteiger partial charge in [-0.2, -0.15) is 5.26 Å². The van der Waals surface area contributed by atoms with Gasteiger partial charge in [-0.25, -0.2) is 0 Å². The second kappa shape index (κ2) is 7.73. The smallest absolute Gasteiger partial charge is 0.103 e. The van der Waals surface area contributed by atoms with Crippen molar-refractivity contribution in [3.8, 4) is 6.07 Å². The van der Waals surface area contributed by atoms with Crippen LogP contribution in [0.3, 0.4) is 0 Å². The van der Waals surface area contributed by atoms with Gasteiger partial charge in [0.05, 0.1) is 6.07 Å². The predicted octanol–water partition coefficient (Wildman–Crippen LogP) is 1.46. The Kier molecular flexibility index (Phi) is 6.62. The highest BCUT2D eigenvalue weighted by Crippen LogP contribution is 2.16. The van der Waals surface area contributed by atoms with Gasteiger partial charge in [-0.1, -0.05) is 12.8 Å². The largest absolute Gasteiger partial charge is 0.396 e. The molecule has 0 aliphatic carbocycles.